The van der Waals surface area contributed by atoms with Crippen LogP contribution in [0.5, 0.6) is 0 Å². The standard InChI is InChI=1S/C32H29N3O3S/c1-21-12-16-24(17-13-21)39(37,38)35-28-19-15-23-8-3-5-10-26(23)31(28)30-25-9-4-2-7-22(25)14-18-27(30)34-32(36)29-11-6-20-33-29/h2-5,7-10,12-19,29,33,35H,6,11,20H2,1H3,(H,34,36)/t29-/m1/s1. The van der Waals surface area contributed by atoms with Gasteiger partial charge in [-0.3, -0.25) is 9.52 Å². The van der Waals surface area contributed by atoms with E-state index in [4.69, 9.17) is 0 Å². The van der Waals surface area contributed by atoms with Crippen molar-refractivity contribution in [3.63, 3.8) is 0 Å². The Morgan fingerprint density at radius 1 is 0.769 bits per heavy atom. The van der Waals surface area contributed by atoms with Gasteiger partial charge >= 0.3 is 0 Å². The minimum absolute atomic E-state index is 0.0916. The third-order valence-corrected chi connectivity index (χ3v) is 8.70. The van der Waals surface area contributed by atoms with Gasteiger partial charge in [-0.1, -0.05) is 78.4 Å². The van der Waals surface area contributed by atoms with Crippen LogP contribution in [-0.2, 0) is 14.8 Å². The van der Waals surface area contributed by atoms with Crippen LogP contribution in [0.1, 0.15) is 18.4 Å². The molecule has 6 rings (SSSR count). The van der Waals surface area contributed by atoms with Gasteiger partial charge < -0.3 is 10.6 Å². The molecule has 1 saturated heterocycles. The first-order valence-electron chi connectivity index (χ1n) is 13.1. The van der Waals surface area contributed by atoms with Gasteiger partial charge in [0.25, 0.3) is 10.0 Å². The van der Waals surface area contributed by atoms with Crippen molar-refractivity contribution in [3.05, 3.63) is 103 Å². The predicted octanol–water partition coefficient (Wildman–Crippen LogP) is 6.46. The SMILES string of the molecule is Cc1ccc(S(=O)(=O)Nc2ccc3ccccc3c2-c2c(NC(=O)[C@H]3CCCN3)ccc3ccccc23)cc1. The number of fused-ring (bicyclic) bond motifs is 2. The fraction of sp³-hybridized carbons (Fsp3) is 0.156. The zero-order valence-electron chi connectivity index (χ0n) is 21.6. The molecule has 1 aliphatic heterocycles. The fourth-order valence-electron chi connectivity index (χ4n) is 5.32. The van der Waals surface area contributed by atoms with Crippen LogP contribution in [0.3, 0.4) is 0 Å². The number of amides is 1. The van der Waals surface area contributed by atoms with E-state index in [-0.39, 0.29) is 16.8 Å². The summed E-state index contributed by atoms with van der Waals surface area (Å²) in [4.78, 5) is 13.4. The van der Waals surface area contributed by atoms with Gasteiger partial charge in [0.15, 0.2) is 0 Å². The van der Waals surface area contributed by atoms with Crippen molar-refractivity contribution in [2.45, 2.75) is 30.7 Å². The molecule has 0 unspecified atom stereocenters. The number of carbonyl (C=O) groups is 1. The minimum Gasteiger partial charge on any atom is -0.324 e. The van der Waals surface area contributed by atoms with Gasteiger partial charge in [0, 0.05) is 16.8 Å². The van der Waals surface area contributed by atoms with Gasteiger partial charge in [0.2, 0.25) is 5.91 Å². The molecule has 1 heterocycles. The first-order chi connectivity index (χ1) is 18.9. The van der Waals surface area contributed by atoms with Gasteiger partial charge in [-0.05, 0) is 72.1 Å². The number of benzene rings is 5. The number of hydrogen-bond donors (Lipinski definition) is 3. The number of rotatable bonds is 6. The molecule has 1 atom stereocenters. The molecule has 0 spiro atoms. The van der Waals surface area contributed by atoms with Gasteiger partial charge in [0.1, 0.15) is 0 Å². The summed E-state index contributed by atoms with van der Waals surface area (Å²) in [6, 6.07) is 30.0. The highest BCUT2D eigenvalue weighted by Crippen LogP contribution is 2.44. The van der Waals surface area contributed by atoms with Crippen molar-refractivity contribution >= 4 is 48.9 Å². The summed E-state index contributed by atoms with van der Waals surface area (Å²) in [5, 5.41) is 10.2. The second-order valence-corrected chi connectivity index (χ2v) is 11.7. The highest BCUT2D eigenvalue weighted by Gasteiger charge is 2.25. The van der Waals surface area contributed by atoms with Crippen molar-refractivity contribution in [1.82, 2.24) is 5.32 Å². The average Bonchev–Trinajstić information content (AvgIpc) is 3.49. The Morgan fingerprint density at radius 2 is 1.36 bits per heavy atom. The van der Waals surface area contributed by atoms with Gasteiger partial charge in [-0.2, -0.15) is 0 Å². The molecular formula is C32H29N3O3S. The number of aryl methyl sites for hydroxylation is 1. The summed E-state index contributed by atoms with van der Waals surface area (Å²) in [7, 11) is -3.88. The molecule has 0 radical (unpaired) electrons. The summed E-state index contributed by atoms with van der Waals surface area (Å²) in [5.41, 5.74) is 3.56. The molecule has 39 heavy (non-hydrogen) atoms. The lowest BCUT2D eigenvalue weighted by molar-refractivity contribution is -0.117. The van der Waals surface area contributed by atoms with E-state index >= 15 is 0 Å². The lowest BCUT2D eigenvalue weighted by Crippen LogP contribution is -2.35. The molecule has 196 valence electrons. The molecule has 6 nitrogen and oxygen atoms in total. The van der Waals surface area contributed by atoms with E-state index in [1.54, 1.807) is 30.3 Å². The molecule has 7 heteroatoms. The number of anilines is 2. The monoisotopic (exact) mass is 535 g/mol. The smallest absolute Gasteiger partial charge is 0.261 e. The Labute approximate surface area is 228 Å². The van der Waals surface area contributed by atoms with E-state index in [1.165, 1.54) is 0 Å². The van der Waals surface area contributed by atoms with E-state index in [0.717, 1.165) is 57.6 Å². The summed E-state index contributed by atoms with van der Waals surface area (Å²) in [6.07, 6.45) is 1.74. The zero-order chi connectivity index (χ0) is 27.0. The highest BCUT2D eigenvalue weighted by molar-refractivity contribution is 7.92. The summed E-state index contributed by atoms with van der Waals surface area (Å²) in [5.74, 6) is -0.0916. The van der Waals surface area contributed by atoms with Crippen molar-refractivity contribution in [2.75, 3.05) is 16.6 Å². The lowest BCUT2D eigenvalue weighted by Gasteiger charge is -2.21. The van der Waals surface area contributed by atoms with Crippen molar-refractivity contribution in [2.24, 2.45) is 0 Å². The van der Waals surface area contributed by atoms with Gasteiger partial charge in [-0.15, -0.1) is 0 Å². The maximum Gasteiger partial charge on any atom is 0.261 e. The Balaban J connectivity index is 1.58. The summed E-state index contributed by atoms with van der Waals surface area (Å²) >= 11 is 0. The molecule has 1 fully saturated rings. The average molecular weight is 536 g/mol. The Kier molecular flexibility index (Phi) is 6.54. The molecular weight excluding hydrogens is 506 g/mol. The molecule has 0 aliphatic carbocycles. The molecule has 0 aromatic heterocycles. The molecule has 3 N–H and O–H groups in total. The first-order valence-corrected chi connectivity index (χ1v) is 14.6. The van der Waals surface area contributed by atoms with E-state index in [1.807, 2.05) is 73.7 Å². The number of carbonyl (C=O) groups excluding carboxylic acids is 1. The van der Waals surface area contributed by atoms with E-state index in [9.17, 15) is 13.2 Å². The molecule has 5 aromatic carbocycles. The largest absolute Gasteiger partial charge is 0.324 e. The van der Waals surface area contributed by atoms with Gasteiger partial charge in [0.05, 0.1) is 16.6 Å². The Bertz CT molecular complexity index is 1810. The van der Waals surface area contributed by atoms with E-state index in [2.05, 4.69) is 15.4 Å². The fourth-order valence-corrected chi connectivity index (χ4v) is 6.39. The third-order valence-electron chi connectivity index (χ3n) is 7.32. The minimum atomic E-state index is -3.88. The van der Waals surface area contributed by atoms with Crippen LogP contribution in [-0.4, -0.2) is 26.9 Å². The normalized spacial score (nSPS) is 15.5. The van der Waals surface area contributed by atoms with Crippen molar-refractivity contribution in [1.29, 1.82) is 0 Å². The Morgan fingerprint density at radius 3 is 1.97 bits per heavy atom. The van der Waals surface area contributed by atoms with Crippen LogP contribution in [0.2, 0.25) is 0 Å². The van der Waals surface area contributed by atoms with Crippen molar-refractivity contribution < 1.29 is 13.2 Å². The van der Waals surface area contributed by atoms with E-state index < -0.39 is 10.0 Å². The number of hydrogen-bond acceptors (Lipinski definition) is 4. The first kappa shape index (κ1) is 25.1. The summed E-state index contributed by atoms with van der Waals surface area (Å²) < 4.78 is 29.9. The predicted molar refractivity (Wildman–Crippen MR) is 159 cm³/mol. The third kappa shape index (κ3) is 4.87. The highest BCUT2D eigenvalue weighted by atomic mass is 32.2. The van der Waals surface area contributed by atoms with Crippen LogP contribution in [0.4, 0.5) is 11.4 Å². The van der Waals surface area contributed by atoms with Crippen LogP contribution >= 0.6 is 0 Å². The van der Waals surface area contributed by atoms with Crippen LogP contribution in [0.25, 0.3) is 32.7 Å². The van der Waals surface area contributed by atoms with E-state index in [0.29, 0.717) is 11.4 Å². The maximum absolute atomic E-state index is 13.5. The molecule has 1 aliphatic rings. The van der Waals surface area contributed by atoms with Crippen LogP contribution in [0.15, 0.2) is 102 Å². The zero-order valence-corrected chi connectivity index (χ0v) is 22.4. The number of nitrogens with one attached hydrogen (secondary N) is 3. The lowest BCUT2D eigenvalue weighted by atomic mass is 9.91. The second kappa shape index (κ2) is 10.2. The second-order valence-electron chi connectivity index (χ2n) is 9.98. The molecule has 1 amide bonds. The molecule has 0 saturated carbocycles. The topological polar surface area (TPSA) is 87.3 Å². The van der Waals surface area contributed by atoms with Crippen LogP contribution < -0.4 is 15.4 Å². The van der Waals surface area contributed by atoms with Gasteiger partial charge in [-0.25, -0.2) is 8.42 Å². The number of sulfonamides is 1. The molecule has 0 bridgehead atoms. The summed E-state index contributed by atoms with van der Waals surface area (Å²) in [6.45, 7) is 2.74. The van der Waals surface area contributed by atoms with Crippen molar-refractivity contribution in [3.8, 4) is 11.1 Å². The quantitative estimate of drug-likeness (QED) is 0.233. The maximum atomic E-state index is 13.5. The van der Waals surface area contributed by atoms with Crippen LogP contribution in [0, 0.1) is 6.92 Å². The molecule has 5 aromatic rings. The Hall–Kier alpha value is -4.20.